The van der Waals surface area contributed by atoms with Crippen LogP contribution in [0, 0.1) is 0 Å². The molecule has 9 heteroatoms. The predicted molar refractivity (Wildman–Crippen MR) is 94.4 cm³/mol. The Labute approximate surface area is 153 Å². The number of methoxy groups -OCH3 is 1. The van der Waals surface area contributed by atoms with Gasteiger partial charge in [-0.05, 0) is 37.1 Å². The second-order valence-electron chi connectivity index (χ2n) is 6.06. The third-order valence-electron chi connectivity index (χ3n) is 4.32. The molecule has 8 nitrogen and oxygen atoms in total. The Morgan fingerprint density at radius 1 is 1.04 bits per heavy atom. The Bertz CT molecular complexity index is 724. The van der Waals surface area contributed by atoms with Gasteiger partial charge in [0.05, 0.1) is 12.0 Å². The number of hydrogen-bond acceptors (Lipinski definition) is 5. The topological polar surface area (TPSA) is 104 Å². The summed E-state index contributed by atoms with van der Waals surface area (Å²) in [5.41, 5.74) is 0. The SMILES string of the molecule is COc1ccc(S(=O)(=O)N2CCN(C(=O)CCCCC(=O)O)CC2)cc1. The first-order valence-corrected chi connectivity index (χ1v) is 9.92. The van der Waals surface area contributed by atoms with Crippen molar-refractivity contribution in [3.05, 3.63) is 24.3 Å². The zero-order chi connectivity index (χ0) is 19.2. The summed E-state index contributed by atoms with van der Waals surface area (Å²) in [5, 5.41) is 8.59. The molecule has 0 aromatic heterocycles. The minimum absolute atomic E-state index is 0.0567. The van der Waals surface area contributed by atoms with Gasteiger partial charge >= 0.3 is 5.97 Å². The molecule has 0 radical (unpaired) electrons. The van der Waals surface area contributed by atoms with Crippen LogP contribution in [0.3, 0.4) is 0 Å². The van der Waals surface area contributed by atoms with Crippen LogP contribution >= 0.6 is 0 Å². The van der Waals surface area contributed by atoms with E-state index in [0.717, 1.165) is 0 Å². The number of carboxylic acid groups (broad SMARTS) is 1. The molecule has 0 aliphatic carbocycles. The van der Waals surface area contributed by atoms with Crippen LogP contribution in [0.25, 0.3) is 0 Å². The molecular formula is C17H24N2O6S. The average molecular weight is 384 g/mol. The van der Waals surface area contributed by atoms with E-state index < -0.39 is 16.0 Å². The van der Waals surface area contributed by atoms with Gasteiger partial charge in [0, 0.05) is 39.0 Å². The van der Waals surface area contributed by atoms with Crippen molar-refractivity contribution >= 4 is 21.9 Å². The van der Waals surface area contributed by atoms with Gasteiger partial charge in [-0.2, -0.15) is 4.31 Å². The van der Waals surface area contributed by atoms with Crippen molar-refractivity contribution in [1.82, 2.24) is 9.21 Å². The highest BCUT2D eigenvalue weighted by Crippen LogP contribution is 2.21. The van der Waals surface area contributed by atoms with E-state index in [1.165, 1.54) is 23.5 Å². The third kappa shape index (κ3) is 5.18. The molecule has 1 saturated heterocycles. The van der Waals surface area contributed by atoms with Crippen LogP contribution in [0.4, 0.5) is 0 Å². The smallest absolute Gasteiger partial charge is 0.303 e. The van der Waals surface area contributed by atoms with Crippen LogP contribution in [-0.4, -0.2) is 67.9 Å². The number of amides is 1. The van der Waals surface area contributed by atoms with Crippen LogP contribution in [-0.2, 0) is 19.6 Å². The van der Waals surface area contributed by atoms with Gasteiger partial charge in [0.15, 0.2) is 0 Å². The van der Waals surface area contributed by atoms with E-state index in [9.17, 15) is 18.0 Å². The second kappa shape index (κ2) is 9.00. The largest absolute Gasteiger partial charge is 0.497 e. The molecule has 1 amide bonds. The van der Waals surface area contributed by atoms with Gasteiger partial charge in [0.1, 0.15) is 5.75 Å². The number of unbranched alkanes of at least 4 members (excludes halogenated alkanes) is 1. The molecule has 0 spiro atoms. The first-order valence-electron chi connectivity index (χ1n) is 8.48. The van der Waals surface area contributed by atoms with E-state index in [4.69, 9.17) is 9.84 Å². The monoisotopic (exact) mass is 384 g/mol. The summed E-state index contributed by atoms with van der Waals surface area (Å²) in [7, 11) is -2.08. The number of piperazine rings is 1. The minimum atomic E-state index is -3.59. The zero-order valence-corrected chi connectivity index (χ0v) is 15.6. The highest BCUT2D eigenvalue weighted by atomic mass is 32.2. The summed E-state index contributed by atoms with van der Waals surface area (Å²) in [6, 6.07) is 6.22. The maximum absolute atomic E-state index is 12.7. The van der Waals surface area contributed by atoms with E-state index in [1.807, 2.05) is 0 Å². The lowest BCUT2D eigenvalue weighted by atomic mass is 10.1. The molecule has 0 unspecified atom stereocenters. The van der Waals surface area contributed by atoms with Crippen molar-refractivity contribution in [1.29, 1.82) is 0 Å². The van der Waals surface area contributed by atoms with Gasteiger partial charge in [0.2, 0.25) is 15.9 Å². The molecule has 26 heavy (non-hydrogen) atoms. The highest BCUT2D eigenvalue weighted by Gasteiger charge is 2.29. The molecule has 0 atom stereocenters. The molecule has 1 N–H and O–H groups in total. The van der Waals surface area contributed by atoms with Crippen LogP contribution in [0.5, 0.6) is 5.75 Å². The highest BCUT2D eigenvalue weighted by molar-refractivity contribution is 7.89. The Morgan fingerprint density at radius 3 is 2.15 bits per heavy atom. The van der Waals surface area contributed by atoms with E-state index in [-0.39, 0.29) is 30.3 Å². The Morgan fingerprint density at radius 2 is 1.62 bits per heavy atom. The number of carbonyl (C=O) groups excluding carboxylic acids is 1. The lowest BCUT2D eigenvalue weighted by Crippen LogP contribution is -2.50. The Balaban J connectivity index is 1.86. The van der Waals surface area contributed by atoms with Crippen LogP contribution in [0.1, 0.15) is 25.7 Å². The van der Waals surface area contributed by atoms with Gasteiger partial charge in [-0.1, -0.05) is 0 Å². The average Bonchev–Trinajstić information content (AvgIpc) is 2.65. The Hall–Kier alpha value is -2.13. The molecule has 1 aromatic rings. The Kier molecular flexibility index (Phi) is 6.98. The minimum Gasteiger partial charge on any atom is -0.497 e. The number of benzene rings is 1. The van der Waals surface area contributed by atoms with Crippen molar-refractivity contribution in [2.24, 2.45) is 0 Å². The van der Waals surface area contributed by atoms with Gasteiger partial charge in [-0.15, -0.1) is 0 Å². The number of hydrogen-bond donors (Lipinski definition) is 1. The number of carbonyl (C=O) groups is 2. The van der Waals surface area contributed by atoms with E-state index in [2.05, 4.69) is 0 Å². The molecule has 1 aliphatic rings. The normalized spacial score (nSPS) is 15.7. The van der Waals surface area contributed by atoms with E-state index in [0.29, 0.717) is 38.1 Å². The molecule has 144 valence electrons. The molecule has 1 fully saturated rings. The fourth-order valence-corrected chi connectivity index (χ4v) is 4.21. The number of rotatable bonds is 8. The molecular weight excluding hydrogens is 360 g/mol. The third-order valence-corrected chi connectivity index (χ3v) is 6.23. The number of carboxylic acids is 1. The summed E-state index contributed by atoms with van der Waals surface area (Å²) < 4.78 is 31.7. The molecule has 1 aromatic carbocycles. The standard InChI is InChI=1S/C17H24N2O6S/c1-25-14-6-8-15(9-7-14)26(23,24)19-12-10-18(11-13-19)16(20)4-2-3-5-17(21)22/h6-9H,2-5,10-13H2,1H3,(H,21,22). The van der Waals surface area contributed by atoms with Crippen LogP contribution in [0.2, 0.25) is 0 Å². The molecule has 0 saturated carbocycles. The van der Waals surface area contributed by atoms with Gasteiger partial charge < -0.3 is 14.7 Å². The second-order valence-corrected chi connectivity index (χ2v) is 8.00. The maximum atomic E-state index is 12.7. The van der Waals surface area contributed by atoms with Crippen molar-refractivity contribution in [2.75, 3.05) is 33.3 Å². The number of nitrogens with zero attached hydrogens (tertiary/aromatic N) is 2. The van der Waals surface area contributed by atoms with E-state index >= 15 is 0 Å². The first kappa shape index (κ1) is 20.2. The quantitative estimate of drug-likeness (QED) is 0.675. The van der Waals surface area contributed by atoms with Gasteiger partial charge in [-0.25, -0.2) is 8.42 Å². The lowest BCUT2D eigenvalue weighted by Gasteiger charge is -2.34. The van der Waals surface area contributed by atoms with Crippen LogP contribution < -0.4 is 4.74 Å². The van der Waals surface area contributed by atoms with Crippen molar-refractivity contribution < 1.29 is 27.9 Å². The summed E-state index contributed by atoms with van der Waals surface area (Å²) in [6.45, 7) is 1.17. The molecule has 0 bridgehead atoms. The first-order chi connectivity index (χ1) is 12.3. The van der Waals surface area contributed by atoms with Crippen molar-refractivity contribution in [2.45, 2.75) is 30.6 Å². The zero-order valence-electron chi connectivity index (χ0n) is 14.8. The number of ether oxygens (including phenoxy) is 1. The molecule has 1 aliphatic heterocycles. The van der Waals surface area contributed by atoms with E-state index in [1.54, 1.807) is 17.0 Å². The summed E-state index contributed by atoms with van der Waals surface area (Å²) >= 11 is 0. The molecule has 1 heterocycles. The summed E-state index contributed by atoms with van der Waals surface area (Å²) in [4.78, 5) is 24.4. The van der Waals surface area contributed by atoms with Gasteiger partial charge in [-0.3, -0.25) is 9.59 Å². The van der Waals surface area contributed by atoms with Gasteiger partial charge in [0.25, 0.3) is 0 Å². The maximum Gasteiger partial charge on any atom is 0.303 e. The fourth-order valence-electron chi connectivity index (χ4n) is 2.79. The summed E-state index contributed by atoms with van der Waals surface area (Å²) in [5.74, 6) is -0.339. The van der Waals surface area contributed by atoms with Crippen molar-refractivity contribution in [3.8, 4) is 5.75 Å². The predicted octanol–water partition coefficient (Wildman–Crippen LogP) is 1.17. The van der Waals surface area contributed by atoms with Crippen molar-refractivity contribution in [3.63, 3.8) is 0 Å². The lowest BCUT2D eigenvalue weighted by molar-refractivity contribution is -0.137. The summed E-state index contributed by atoms with van der Waals surface area (Å²) in [6.07, 6.45) is 1.34. The van der Waals surface area contributed by atoms with Crippen LogP contribution in [0.15, 0.2) is 29.2 Å². The number of aliphatic carboxylic acids is 1. The number of sulfonamides is 1. The fraction of sp³-hybridized carbons (Fsp3) is 0.529. The molecule has 2 rings (SSSR count).